The highest BCUT2D eigenvalue weighted by Crippen LogP contribution is 2.23. The Balaban J connectivity index is 1.28. The summed E-state index contributed by atoms with van der Waals surface area (Å²) >= 11 is 0. The number of anilines is 1. The number of carbonyl (C=O) groups is 2. The minimum absolute atomic E-state index is 0.104. The van der Waals surface area contributed by atoms with Crippen LogP contribution >= 0.6 is 0 Å². The molecule has 0 unspecified atom stereocenters. The van der Waals surface area contributed by atoms with Gasteiger partial charge >= 0.3 is 0 Å². The number of nitrogens with zero attached hydrogens (tertiary/aromatic N) is 1. The van der Waals surface area contributed by atoms with Gasteiger partial charge in [0.25, 0.3) is 5.91 Å². The van der Waals surface area contributed by atoms with Crippen LogP contribution in [0.15, 0.2) is 84.9 Å². The predicted molar refractivity (Wildman–Crippen MR) is 120 cm³/mol. The second-order valence-corrected chi connectivity index (χ2v) is 7.80. The van der Waals surface area contributed by atoms with Crippen molar-refractivity contribution >= 4 is 17.4 Å². The Labute approximate surface area is 177 Å². The zero-order valence-electron chi connectivity index (χ0n) is 17.0. The van der Waals surface area contributed by atoms with Crippen LogP contribution in [0.5, 0.6) is 0 Å². The van der Waals surface area contributed by atoms with Crippen LogP contribution in [-0.4, -0.2) is 29.7 Å². The van der Waals surface area contributed by atoms with Crippen molar-refractivity contribution in [1.82, 2.24) is 4.90 Å². The van der Waals surface area contributed by atoms with E-state index in [1.165, 1.54) is 5.56 Å². The molecule has 0 bridgehead atoms. The molecular formula is C26H26N2O2. The van der Waals surface area contributed by atoms with Gasteiger partial charge in [-0.05, 0) is 55.8 Å². The average molecular weight is 399 g/mol. The van der Waals surface area contributed by atoms with E-state index in [0.717, 1.165) is 43.7 Å². The Morgan fingerprint density at radius 1 is 0.767 bits per heavy atom. The molecule has 1 fully saturated rings. The molecule has 4 nitrogen and oxygen atoms in total. The lowest BCUT2D eigenvalue weighted by Gasteiger charge is -2.31. The van der Waals surface area contributed by atoms with Gasteiger partial charge in [-0.3, -0.25) is 14.5 Å². The van der Waals surface area contributed by atoms with Crippen LogP contribution < -0.4 is 5.32 Å². The summed E-state index contributed by atoms with van der Waals surface area (Å²) in [5.41, 5.74) is 3.44. The van der Waals surface area contributed by atoms with Crippen LogP contribution in [0.2, 0.25) is 0 Å². The van der Waals surface area contributed by atoms with Crippen LogP contribution in [0.3, 0.4) is 0 Å². The van der Waals surface area contributed by atoms with Crippen LogP contribution in [0.25, 0.3) is 0 Å². The molecule has 1 aliphatic heterocycles. The quantitative estimate of drug-likeness (QED) is 0.592. The molecule has 0 spiro atoms. The third-order valence-corrected chi connectivity index (χ3v) is 5.67. The predicted octanol–water partition coefficient (Wildman–Crippen LogP) is 5.03. The Hall–Kier alpha value is -3.24. The summed E-state index contributed by atoms with van der Waals surface area (Å²) in [6, 6.07) is 26.8. The molecule has 1 aliphatic rings. The monoisotopic (exact) mass is 398 g/mol. The van der Waals surface area contributed by atoms with Gasteiger partial charge in [-0.1, -0.05) is 60.7 Å². The molecule has 1 saturated heterocycles. The topological polar surface area (TPSA) is 49.4 Å². The van der Waals surface area contributed by atoms with Gasteiger partial charge in [0.15, 0.2) is 5.78 Å². The van der Waals surface area contributed by atoms with Gasteiger partial charge in [0.2, 0.25) is 0 Å². The highest BCUT2D eigenvalue weighted by atomic mass is 16.1. The number of Topliss-reactive ketones (excluding diaryl/α,β-unsaturated/α-hetero) is 1. The van der Waals surface area contributed by atoms with Crippen molar-refractivity contribution in [2.24, 2.45) is 5.92 Å². The first-order valence-electron chi connectivity index (χ1n) is 10.5. The minimum atomic E-state index is -0.104. The second kappa shape index (κ2) is 9.51. The molecule has 3 aromatic carbocycles. The Kier molecular flexibility index (Phi) is 6.35. The molecule has 152 valence electrons. The molecule has 0 aliphatic carbocycles. The first-order valence-corrected chi connectivity index (χ1v) is 10.5. The van der Waals surface area contributed by atoms with Crippen molar-refractivity contribution in [3.63, 3.8) is 0 Å². The van der Waals surface area contributed by atoms with E-state index in [9.17, 15) is 9.59 Å². The maximum atomic E-state index is 12.6. The zero-order valence-corrected chi connectivity index (χ0v) is 17.0. The summed E-state index contributed by atoms with van der Waals surface area (Å²) in [7, 11) is 0. The van der Waals surface area contributed by atoms with Crippen molar-refractivity contribution in [2.75, 3.05) is 18.4 Å². The SMILES string of the molecule is O=C(Nc1ccccc1)c1ccc(CN2CCC(C(=O)c3ccccc3)CC2)cc1. The Morgan fingerprint density at radius 2 is 1.37 bits per heavy atom. The molecule has 30 heavy (non-hydrogen) atoms. The molecule has 1 N–H and O–H groups in total. The maximum absolute atomic E-state index is 12.6. The molecule has 0 aromatic heterocycles. The summed E-state index contributed by atoms with van der Waals surface area (Å²) in [6.07, 6.45) is 1.79. The van der Waals surface area contributed by atoms with E-state index in [4.69, 9.17) is 0 Å². The normalized spacial score (nSPS) is 14.9. The van der Waals surface area contributed by atoms with Gasteiger partial charge in [0.1, 0.15) is 0 Å². The van der Waals surface area contributed by atoms with Crippen LogP contribution in [0, 0.1) is 5.92 Å². The molecule has 1 heterocycles. The van der Waals surface area contributed by atoms with Crippen LogP contribution in [-0.2, 0) is 6.54 Å². The van der Waals surface area contributed by atoms with E-state index < -0.39 is 0 Å². The summed E-state index contributed by atoms with van der Waals surface area (Å²) in [4.78, 5) is 27.4. The fourth-order valence-electron chi connectivity index (χ4n) is 3.94. The largest absolute Gasteiger partial charge is 0.322 e. The van der Waals surface area contributed by atoms with E-state index in [1.807, 2.05) is 84.9 Å². The van der Waals surface area contributed by atoms with E-state index in [1.54, 1.807) is 0 Å². The van der Waals surface area contributed by atoms with E-state index >= 15 is 0 Å². The average Bonchev–Trinajstić information content (AvgIpc) is 2.81. The van der Waals surface area contributed by atoms with Crippen molar-refractivity contribution < 1.29 is 9.59 Å². The van der Waals surface area contributed by atoms with E-state index in [2.05, 4.69) is 10.2 Å². The van der Waals surface area contributed by atoms with Crippen LogP contribution in [0.4, 0.5) is 5.69 Å². The lowest BCUT2D eigenvalue weighted by atomic mass is 9.89. The standard InChI is InChI=1S/C26H26N2O2/c29-25(21-7-3-1-4-8-21)22-15-17-28(18-16-22)19-20-11-13-23(14-12-20)26(30)27-24-9-5-2-6-10-24/h1-14,22H,15-19H2,(H,27,30). The Bertz CT molecular complexity index is 977. The fraction of sp³-hybridized carbons (Fsp3) is 0.231. The maximum Gasteiger partial charge on any atom is 0.255 e. The highest BCUT2D eigenvalue weighted by Gasteiger charge is 2.25. The third kappa shape index (κ3) is 5.02. The second-order valence-electron chi connectivity index (χ2n) is 7.80. The number of nitrogens with one attached hydrogen (secondary N) is 1. The van der Waals surface area contributed by atoms with Gasteiger partial charge in [-0.15, -0.1) is 0 Å². The van der Waals surface area contributed by atoms with Crippen molar-refractivity contribution in [3.05, 3.63) is 102 Å². The minimum Gasteiger partial charge on any atom is -0.322 e. The molecular weight excluding hydrogens is 372 g/mol. The van der Waals surface area contributed by atoms with Crippen molar-refractivity contribution in [3.8, 4) is 0 Å². The van der Waals surface area contributed by atoms with Gasteiger partial charge in [-0.25, -0.2) is 0 Å². The first-order chi connectivity index (χ1) is 14.7. The Morgan fingerprint density at radius 3 is 2.00 bits per heavy atom. The number of hydrogen-bond donors (Lipinski definition) is 1. The van der Waals surface area contributed by atoms with Crippen molar-refractivity contribution in [1.29, 1.82) is 0 Å². The molecule has 0 atom stereocenters. The summed E-state index contributed by atoms with van der Waals surface area (Å²) in [5.74, 6) is 0.282. The lowest BCUT2D eigenvalue weighted by molar-refractivity contribution is 0.0834. The smallest absolute Gasteiger partial charge is 0.255 e. The van der Waals surface area contributed by atoms with Gasteiger partial charge < -0.3 is 5.32 Å². The number of hydrogen-bond acceptors (Lipinski definition) is 3. The summed E-state index contributed by atoms with van der Waals surface area (Å²) in [6.45, 7) is 2.67. The third-order valence-electron chi connectivity index (χ3n) is 5.67. The van der Waals surface area contributed by atoms with E-state index in [-0.39, 0.29) is 17.6 Å². The van der Waals surface area contributed by atoms with E-state index in [0.29, 0.717) is 5.56 Å². The molecule has 0 saturated carbocycles. The summed E-state index contributed by atoms with van der Waals surface area (Å²) < 4.78 is 0. The number of rotatable bonds is 6. The molecule has 3 aromatic rings. The van der Waals surface area contributed by atoms with Gasteiger partial charge in [-0.2, -0.15) is 0 Å². The van der Waals surface area contributed by atoms with Gasteiger partial charge in [0.05, 0.1) is 0 Å². The highest BCUT2D eigenvalue weighted by molar-refractivity contribution is 6.04. The number of likely N-dealkylation sites (tertiary alicyclic amines) is 1. The first kappa shape index (κ1) is 20.0. The number of piperidine rings is 1. The number of benzene rings is 3. The lowest BCUT2D eigenvalue weighted by Crippen LogP contribution is -2.35. The number of amides is 1. The van der Waals surface area contributed by atoms with Gasteiger partial charge in [0, 0.05) is 29.3 Å². The molecule has 0 radical (unpaired) electrons. The number of ketones is 1. The summed E-state index contributed by atoms with van der Waals surface area (Å²) in [5, 5.41) is 2.91. The molecule has 4 heteroatoms. The number of carbonyl (C=O) groups excluding carboxylic acids is 2. The van der Waals surface area contributed by atoms with Crippen molar-refractivity contribution in [2.45, 2.75) is 19.4 Å². The number of para-hydroxylation sites is 1. The van der Waals surface area contributed by atoms with Crippen LogP contribution in [0.1, 0.15) is 39.1 Å². The zero-order chi connectivity index (χ0) is 20.8. The fourth-order valence-corrected chi connectivity index (χ4v) is 3.94. The molecule has 1 amide bonds. The molecule has 4 rings (SSSR count).